The Kier molecular flexibility index (Phi) is 4.43. The van der Waals surface area contributed by atoms with Crippen LogP contribution >= 0.6 is 0 Å². The zero-order valence-corrected chi connectivity index (χ0v) is 7.86. The SMILES string of the molecule is Cc1cccc(COCCCO)n1. The molecule has 0 saturated carbocycles. The van der Waals surface area contributed by atoms with Crippen molar-refractivity contribution in [3.63, 3.8) is 0 Å². The fourth-order valence-electron chi connectivity index (χ4n) is 1.02. The second-order valence-electron chi connectivity index (χ2n) is 2.90. The van der Waals surface area contributed by atoms with Crippen LogP contribution in [0.2, 0.25) is 0 Å². The van der Waals surface area contributed by atoms with Gasteiger partial charge in [-0.15, -0.1) is 0 Å². The average molecular weight is 181 g/mol. The number of rotatable bonds is 5. The molecule has 0 radical (unpaired) electrons. The van der Waals surface area contributed by atoms with Gasteiger partial charge in [0.1, 0.15) is 0 Å². The number of aliphatic hydroxyl groups excluding tert-OH is 1. The highest BCUT2D eigenvalue weighted by Gasteiger charge is 1.94. The van der Waals surface area contributed by atoms with Crippen molar-refractivity contribution in [3.8, 4) is 0 Å². The summed E-state index contributed by atoms with van der Waals surface area (Å²) in [6, 6.07) is 5.86. The third kappa shape index (κ3) is 4.01. The number of ether oxygens (including phenoxy) is 1. The number of aromatic nitrogens is 1. The topological polar surface area (TPSA) is 42.4 Å². The van der Waals surface area contributed by atoms with E-state index in [1.807, 2.05) is 25.1 Å². The summed E-state index contributed by atoms with van der Waals surface area (Å²) in [5.74, 6) is 0. The number of hydrogen-bond donors (Lipinski definition) is 1. The van der Waals surface area contributed by atoms with Crippen LogP contribution in [0.4, 0.5) is 0 Å². The van der Waals surface area contributed by atoms with E-state index in [1.165, 1.54) is 0 Å². The summed E-state index contributed by atoms with van der Waals surface area (Å²) in [5.41, 5.74) is 1.95. The molecule has 0 spiro atoms. The van der Waals surface area contributed by atoms with Gasteiger partial charge < -0.3 is 9.84 Å². The minimum absolute atomic E-state index is 0.182. The molecule has 13 heavy (non-hydrogen) atoms. The van der Waals surface area contributed by atoms with Gasteiger partial charge >= 0.3 is 0 Å². The van der Waals surface area contributed by atoms with Crippen LogP contribution in [-0.4, -0.2) is 23.3 Å². The quantitative estimate of drug-likeness (QED) is 0.696. The van der Waals surface area contributed by atoms with E-state index >= 15 is 0 Å². The zero-order chi connectivity index (χ0) is 9.52. The average Bonchev–Trinajstić information content (AvgIpc) is 2.13. The van der Waals surface area contributed by atoms with Crippen molar-refractivity contribution in [2.24, 2.45) is 0 Å². The lowest BCUT2D eigenvalue weighted by Gasteiger charge is -2.02. The van der Waals surface area contributed by atoms with E-state index in [9.17, 15) is 0 Å². The minimum atomic E-state index is 0.182. The first kappa shape index (κ1) is 10.2. The van der Waals surface area contributed by atoms with E-state index < -0.39 is 0 Å². The van der Waals surface area contributed by atoms with Crippen molar-refractivity contribution in [1.29, 1.82) is 0 Å². The molecule has 1 heterocycles. The molecular weight excluding hydrogens is 166 g/mol. The maximum absolute atomic E-state index is 8.51. The second kappa shape index (κ2) is 5.67. The maximum Gasteiger partial charge on any atom is 0.0887 e. The molecule has 1 N–H and O–H groups in total. The lowest BCUT2D eigenvalue weighted by Crippen LogP contribution is -1.99. The first-order valence-corrected chi connectivity index (χ1v) is 4.44. The van der Waals surface area contributed by atoms with Crippen molar-refractivity contribution in [2.75, 3.05) is 13.2 Å². The molecule has 3 heteroatoms. The molecule has 0 aliphatic heterocycles. The third-order valence-electron chi connectivity index (χ3n) is 1.64. The predicted molar refractivity (Wildman–Crippen MR) is 50.3 cm³/mol. The molecule has 1 aromatic rings. The van der Waals surface area contributed by atoms with E-state index in [4.69, 9.17) is 9.84 Å². The molecule has 0 bridgehead atoms. The van der Waals surface area contributed by atoms with Crippen molar-refractivity contribution >= 4 is 0 Å². The Bertz CT molecular complexity index is 250. The standard InChI is InChI=1S/C10H15NO2/c1-9-4-2-5-10(11-9)8-13-7-3-6-12/h2,4-5,12H,3,6-8H2,1H3. The molecule has 1 rings (SSSR count). The molecule has 3 nitrogen and oxygen atoms in total. The van der Waals surface area contributed by atoms with Crippen molar-refractivity contribution < 1.29 is 9.84 Å². The van der Waals surface area contributed by atoms with Gasteiger partial charge in [0.2, 0.25) is 0 Å². The number of aliphatic hydroxyl groups is 1. The number of nitrogens with zero attached hydrogens (tertiary/aromatic N) is 1. The lowest BCUT2D eigenvalue weighted by atomic mass is 10.3. The highest BCUT2D eigenvalue weighted by molar-refractivity contribution is 5.08. The van der Waals surface area contributed by atoms with Crippen LogP contribution < -0.4 is 0 Å². The van der Waals surface area contributed by atoms with Crippen LogP contribution in [0.1, 0.15) is 17.8 Å². The summed E-state index contributed by atoms with van der Waals surface area (Å²) in [6.45, 7) is 3.26. The third-order valence-corrected chi connectivity index (χ3v) is 1.64. The van der Waals surface area contributed by atoms with Gasteiger partial charge in [-0.1, -0.05) is 6.07 Å². The summed E-state index contributed by atoms with van der Waals surface area (Å²) in [4.78, 5) is 4.28. The molecule has 1 aromatic heterocycles. The van der Waals surface area contributed by atoms with Crippen molar-refractivity contribution in [3.05, 3.63) is 29.6 Å². The summed E-state index contributed by atoms with van der Waals surface area (Å²) in [6.07, 6.45) is 0.686. The fourth-order valence-corrected chi connectivity index (χ4v) is 1.02. The molecular formula is C10H15NO2. The Balaban J connectivity index is 2.28. The second-order valence-corrected chi connectivity index (χ2v) is 2.90. The lowest BCUT2D eigenvalue weighted by molar-refractivity contribution is 0.102. The summed E-state index contributed by atoms with van der Waals surface area (Å²) >= 11 is 0. The van der Waals surface area contributed by atoms with E-state index in [1.54, 1.807) is 0 Å². The van der Waals surface area contributed by atoms with Crippen LogP contribution in [-0.2, 0) is 11.3 Å². The molecule has 0 aliphatic rings. The number of hydrogen-bond acceptors (Lipinski definition) is 3. The smallest absolute Gasteiger partial charge is 0.0887 e. The molecule has 0 atom stereocenters. The molecule has 0 saturated heterocycles. The molecule has 0 amide bonds. The Morgan fingerprint density at radius 1 is 1.46 bits per heavy atom. The van der Waals surface area contributed by atoms with E-state index in [2.05, 4.69) is 4.98 Å². The van der Waals surface area contributed by atoms with Gasteiger partial charge in [0.15, 0.2) is 0 Å². The van der Waals surface area contributed by atoms with Crippen LogP contribution in [0, 0.1) is 6.92 Å². The Labute approximate surface area is 78.4 Å². The maximum atomic E-state index is 8.51. The van der Waals surface area contributed by atoms with Gasteiger partial charge in [0, 0.05) is 18.9 Å². The largest absolute Gasteiger partial charge is 0.396 e. The Hall–Kier alpha value is -0.930. The van der Waals surface area contributed by atoms with Crippen LogP contribution in [0.3, 0.4) is 0 Å². The number of pyridine rings is 1. The first-order valence-electron chi connectivity index (χ1n) is 4.44. The van der Waals surface area contributed by atoms with E-state index in [-0.39, 0.29) is 6.61 Å². The van der Waals surface area contributed by atoms with Gasteiger partial charge in [0.05, 0.1) is 12.3 Å². The van der Waals surface area contributed by atoms with E-state index in [0.29, 0.717) is 19.6 Å². The molecule has 0 fully saturated rings. The fraction of sp³-hybridized carbons (Fsp3) is 0.500. The van der Waals surface area contributed by atoms with Gasteiger partial charge in [-0.3, -0.25) is 4.98 Å². The van der Waals surface area contributed by atoms with Crippen molar-refractivity contribution in [1.82, 2.24) is 4.98 Å². The molecule has 0 aromatic carbocycles. The highest BCUT2D eigenvalue weighted by atomic mass is 16.5. The minimum Gasteiger partial charge on any atom is -0.396 e. The summed E-state index contributed by atoms with van der Waals surface area (Å²) in [7, 11) is 0. The van der Waals surface area contributed by atoms with Crippen LogP contribution in [0.15, 0.2) is 18.2 Å². The number of aryl methyl sites for hydroxylation is 1. The summed E-state index contributed by atoms with van der Waals surface area (Å²) in [5, 5.41) is 8.51. The first-order chi connectivity index (χ1) is 6.33. The van der Waals surface area contributed by atoms with Crippen LogP contribution in [0.25, 0.3) is 0 Å². The van der Waals surface area contributed by atoms with E-state index in [0.717, 1.165) is 11.4 Å². The Morgan fingerprint density at radius 3 is 3.00 bits per heavy atom. The van der Waals surface area contributed by atoms with Gasteiger partial charge in [0.25, 0.3) is 0 Å². The molecule has 72 valence electrons. The normalized spacial score (nSPS) is 10.3. The predicted octanol–water partition coefficient (Wildman–Crippen LogP) is 1.29. The van der Waals surface area contributed by atoms with Crippen LogP contribution in [0.5, 0.6) is 0 Å². The summed E-state index contributed by atoms with van der Waals surface area (Å²) < 4.78 is 5.29. The van der Waals surface area contributed by atoms with Gasteiger partial charge in [-0.25, -0.2) is 0 Å². The highest BCUT2D eigenvalue weighted by Crippen LogP contribution is 1.99. The van der Waals surface area contributed by atoms with Gasteiger partial charge in [-0.05, 0) is 25.5 Å². The molecule has 0 aliphatic carbocycles. The Morgan fingerprint density at radius 2 is 2.31 bits per heavy atom. The zero-order valence-electron chi connectivity index (χ0n) is 7.86. The van der Waals surface area contributed by atoms with Gasteiger partial charge in [-0.2, -0.15) is 0 Å². The van der Waals surface area contributed by atoms with Crippen molar-refractivity contribution in [2.45, 2.75) is 20.0 Å². The molecule has 0 unspecified atom stereocenters. The monoisotopic (exact) mass is 181 g/mol.